The highest BCUT2D eigenvalue weighted by molar-refractivity contribution is 6.36. The first-order valence-corrected chi connectivity index (χ1v) is 15.1. The first-order chi connectivity index (χ1) is 21.9. The molecule has 46 heavy (non-hydrogen) atoms. The monoisotopic (exact) mass is 663 g/mol. The van der Waals surface area contributed by atoms with E-state index in [0.29, 0.717) is 22.0 Å². The van der Waals surface area contributed by atoms with E-state index in [-0.39, 0.29) is 57.0 Å². The number of nitrogens with zero attached hydrogens (tertiary/aromatic N) is 2. The Bertz CT molecular complexity index is 2160. The summed E-state index contributed by atoms with van der Waals surface area (Å²) in [5.41, 5.74) is -1.79. The summed E-state index contributed by atoms with van der Waals surface area (Å²) in [6.45, 7) is 1.73. The minimum Gasteiger partial charge on any atom is -0.496 e. The van der Waals surface area contributed by atoms with Crippen molar-refractivity contribution in [3.8, 4) is 28.6 Å². The number of ether oxygens (including phenoxy) is 3. The highest BCUT2D eigenvalue weighted by atomic mass is 35.5. The van der Waals surface area contributed by atoms with Gasteiger partial charge in [-0.25, -0.2) is 4.79 Å². The molecule has 2 aliphatic heterocycles. The molecule has 4 aromatic rings. The summed E-state index contributed by atoms with van der Waals surface area (Å²) in [5.74, 6) is -1.80. The quantitative estimate of drug-likeness (QED) is 0.296. The van der Waals surface area contributed by atoms with Crippen LogP contribution in [0.15, 0.2) is 67.7 Å². The van der Waals surface area contributed by atoms with Crippen molar-refractivity contribution in [1.29, 1.82) is 0 Å². The number of hydrogen-bond donors (Lipinski definition) is 1. The Morgan fingerprint density at radius 3 is 2.30 bits per heavy atom. The molecule has 1 N–H and O–H groups in total. The zero-order chi connectivity index (χ0) is 32.8. The van der Waals surface area contributed by atoms with Gasteiger partial charge in [0, 0.05) is 47.9 Å². The summed E-state index contributed by atoms with van der Waals surface area (Å²) in [6.07, 6.45) is 0.155. The van der Waals surface area contributed by atoms with Gasteiger partial charge >= 0.3 is 5.69 Å². The summed E-state index contributed by atoms with van der Waals surface area (Å²) in [6, 6.07) is 11.9. The molecular weight excluding hydrogens is 637 g/mol. The average molecular weight is 664 g/mol. The first kappa shape index (κ1) is 29.9. The molecule has 3 atom stereocenters. The van der Waals surface area contributed by atoms with E-state index in [4.69, 9.17) is 41.8 Å². The van der Waals surface area contributed by atoms with Crippen molar-refractivity contribution in [1.82, 2.24) is 9.13 Å². The van der Waals surface area contributed by atoms with E-state index >= 15 is 4.79 Å². The summed E-state index contributed by atoms with van der Waals surface area (Å²) in [4.78, 5) is 56.3. The van der Waals surface area contributed by atoms with Gasteiger partial charge in [0.1, 0.15) is 39.4 Å². The number of carbonyl (C=O) groups is 2. The molecule has 0 radical (unpaired) electrons. The van der Waals surface area contributed by atoms with Gasteiger partial charge in [0.05, 0.1) is 25.7 Å². The fraction of sp³-hybridized carbons (Fsp3) is 0.273. The van der Waals surface area contributed by atoms with Gasteiger partial charge in [0.15, 0.2) is 5.75 Å². The number of aromatic nitrogens is 2. The number of hydrogen-bond acceptors (Lipinski definition) is 9. The molecular formula is C33H27Cl2N3O8. The van der Waals surface area contributed by atoms with Gasteiger partial charge in [0.25, 0.3) is 5.56 Å². The van der Waals surface area contributed by atoms with Crippen LogP contribution in [-0.2, 0) is 18.9 Å². The first-order valence-electron chi connectivity index (χ1n) is 14.3. The highest BCUT2D eigenvalue weighted by Crippen LogP contribution is 2.56. The van der Waals surface area contributed by atoms with E-state index in [0.717, 1.165) is 4.57 Å². The third-order valence-electron chi connectivity index (χ3n) is 9.12. The molecule has 13 heteroatoms. The molecule has 0 bridgehead atoms. The Hall–Kier alpha value is -4.74. The predicted octanol–water partition coefficient (Wildman–Crippen LogP) is 5.10. The molecule has 3 aliphatic rings. The zero-order valence-electron chi connectivity index (χ0n) is 25.3. The Kier molecular flexibility index (Phi) is 6.77. The van der Waals surface area contributed by atoms with Gasteiger partial charge in [-0.05, 0) is 42.8 Å². The minimum atomic E-state index is -2.03. The second-order valence-electron chi connectivity index (χ2n) is 11.5. The fourth-order valence-corrected chi connectivity index (χ4v) is 7.14. The molecule has 0 saturated heterocycles. The van der Waals surface area contributed by atoms with Crippen molar-refractivity contribution < 1.29 is 28.2 Å². The lowest BCUT2D eigenvalue weighted by Crippen LogP contribution is -2.58. The zero-order valence-corrected chi connectivity index (χ0v) is 26.8. The molecule has 0 amide bonds. The van der Waals surface area contributed by atoms with E-state index in [1.807, 2.05) is 0 Å². The van der Waals surface area contributed by atoms with Gasteiger partial charge in [0.2, 0.25) is 17.2 Å². The standard InChI is InChI=1S/C33H27Cl2N3O8/c1-14-12-17-22(28(39)33(14)29(40)24-20(43-4)13-21(44-5)26(35)27(24)46-33)23(25-30(36-17)37(2)32(42)38(3)31(25)41)19-11-10-18(45-19)15-6-8-16(34)9-7-15/h6-11,13-14,23,36H,12H2,1-5H3/t14-,23?,33+/m1/s1. The average Bonchev–Trinajstić information content (AvgIpc) is 3.66. The van der Waals surface area contributed by atoms with Crippen molar-refractivity contribution >= 4 is 40.6 Å². The van der Waals surface area contributed by atoms with Gasteiger partial charge in [-0.3, -0.25) is 23.5 Å². The molecule has 11 nitrogen and oxygen atoms in total. The second-order valence-corrected chi connectivity index (χ2v) is 12.3. The van der Waals surface area contributed by atoms with E-state index in [1.54, 1.807) is 43.3 Å². The van der Waals surface area contributed by atoms with E-state index in [2.05, 4.69) is 5.32 Å². The van der Waals surface area contributed by atoms with E-state index in [1.165, 1.54) is 38.9 Å². The number of fused-ring (bicyclic) bond motifs is 2. The van der Waals surface area contributed by atoms with Crippen LogP contribution >= 0.6 is 23.2 Å². The summed E-state index contributed by atoms with van der Waals surface area (Å²) in [5, 5.41) is 3.76. The lowest BCUT2D eigenvalue weighted by atomic mass is 9.66. The molecule has 1 aliphatic carbocycles. The normalized spacial score (nSPS) is 21.5. The molecule has 4 heterocycles. The largest absolute Gasteiger partial charge is 0.496 e. The van der Waals surface area contributed by atoms with Crippen LogP contribution in [0.25, 0.3) is 11.3 Å². The maximum Gasteiger partial charge on any atom is 0.332 e. The molecule has 1 spiro atoms. The Balaban J connectivity index is 1.45. The van der Waals surface area contributed by atoms with Crippen molar-refractivity contribution in [3.05, 3.63) is 102 Å². The molecule has 236 valence electrons. The Morgan fingerprint density at radius 1 is 0.935 bits per heavy atom. The molecule has 2 aromatic heterocycles. The van der Waals surface area contributed by atoms with Crippen LogP contribution in [0.4, 0.5) is 5.82 Å². The number of nitrogens with one attached hydrogen (secondary N) is 1. The van der Waals surface area contributed by atoms with Crippen LogP contribution in [0.1, 0.15) is 40.9 Å². The van der Waals surface area contributed by atoms with Crippen LogP contribution in [0, 0.1) is 5.92 Å². The summed E-state index contributed by atoms with van der Waals surface area (Å²) in [7, 11) is 5.70. The number of rotatable bonds is 4. The van der Waals surface area contributed by atoms with Crippen LogP contribution < -0.4 is 30.8 Å². The molecule has 0 saturated carbocycles. The van der Waals surface area contributed by atoms with E-state index in [9.17, 15) is 14.4 Å². The number of ketones is 2. The molecule has 2 aromatic carbocycles. The van der Waals surface area contributed by atoms with Gasteiger partial charge in [-0.2, -0.15) is 0 Å². The molecule has 1 unspecified atom stereocenters. The van der Waals surface area contributed by atoms with Crippen LogP contribution in [0.5, 0.6) is 17.2 Å². The van der Waals surface area contributed by atoms with Crippen LogP contribution in [-0.4, -0.2) is 40.5 Å². The third-order valence-corrected chi connectivity index (χ3v) is 9.73. The minimum absolute atomic E-state index is 0.0193. The topological polar surface area (TPSA) is 131 Å². The summed E-state index contributed by atoms with van der Waals surface area (Å²) >= 11 is 12.7. The number of anilines is 1. The Labute approximate surface area is 271 Å². The lowest BCUT2D eigenvalue weighted by Gasteiger charge is -2.42. The van der Waals surface area contributed by atoms with Crippen molar-refractivity contribution in [2.45, 2.75) is 24.9 Å². The van der Waals surface area contributed by atoms with Crippen LogP contribution in [0.2, 0.25) is 10.0 Å². The third kappa shape index (κ3) is 3.91. The van der Waals surface area contributed by atoms with Crippen molar-refractivity contribution in [2.24, 2.45) is 20.0 Å². The number of Topliss-reactive ketones (excluding diaryl/α,β-unsaturated/α-hetero) is 2. The van der Waals surface area contributed by atoms with Gasteiger partial charge < -0.3 is 23.9 Å². The molecule has 0 fully saturated rings. The van der Waals surface area contributed by atoms with Gasteiger partial charge in [-0.1, -0.05) is 30.1 Å². The maximum absolute atomic E-state index is 15.0. The maximum atomic E-state index is 15.0. The van der Waals surface area contributed by atoms with Crippen LogP contribution in [0.3, 0.4) is 0 Å². The molecule has 7 rings (SSSR count). The lowest BCUT2D eigenvalue weighted by molar-refractivity contribution is -0.130. The number of halogens is 2. The number of carbonyl (C=O) groups excluding carboxylic acids is 2. The fourth-order valence-electron chi connectivity index (χ4n) is 6.75. The predicted molar refractivity (Wildman–Crippen MR) is 170 cm³/mol. The number of benzene rings is 2. The van der Waals surface area contributed by atoms with E-state index < -0.39 is 40.3 Å². The number of furan rings is 1. The van der Waals surface area contributed by atoms with Crippen molar-refractivity contribution in [3.63, 3.8) is 0 Å². The summed E-state index contributed by atoms with van der Waals surface area (Å²) < 4.78 is 25.9. The highest BCUT2D eigenvalue weighted by Gasteiger charge is 2.64. The van der Waals surface area contributed by atoms with Gasteiger partial charge in [-0.15, -0.1) is 0 Å². The second kappa shape index (κ2) is 10.4. The van der Waals surface area contributed by atoms with Crippen molar-refractivity contribution in [2.75, 3.05) is 19.5 Å². The SMILES string of the molecule is COc1cc(OC)c2c(c1Cl)O[C@@]1(C(=O)C3=C(C[C@H]1C)Nc1c(c(=O)n(C)c(=O)n1C)C3c1ccc(-c3ccc(Cl)cc3)o1)C2=O. The number of methoxy groups -OCH3 is 2. The number of allylic oxidation sites excluding steroid dienone is 1. The Morgan fingerprint density at radius 2 is 1.63 bits per heavy atom. The smallest absolute Gasteiger partial charge is 0.332 e.